The van der Waals surface area contributed by atoms with E-state index in [0.29, 0.717) is 37.1 Å². The third kappa shape index (κ3) is 2.64. The third-order valence-corrected chi connectivity index (χ3v) is 9.36. The number of carbonyl (C=O) groups is 4. The normalized spacial score (nSPS) is 35.9. The molecule has 4 fully saturated rings. The minimum absolute atomic E-state index is 0.0421. The van der Waals surface area contributed by atoms with Crippen LogP contribution in [-0.4, -0.2) is 23.4 Å². The van der Waals surface area contributed by atoms with Gasteiger partial charge in [-0.05, 0) is 68.6 Å². The van der Waals surface area contributed by atoms with E-state index < -0.39 is 21.7 Å². The molecule has 6 nitrogen and oxygen atoms in total. The van der Waals surface area contributed by atoms with Crippen molar-refractivity contribution >= 4 is 34.8 Å². The summed E-state index contributed by atoms with van der Waals surface area (Å²) in [7, 11) is 0. The Bertz CT molecular complexity index is 978. The van der Waals surface area contributed by atoms with Gasteiger partial charge in [0.15, 0.2) is 11.6 Å². The van der Waals surface area contributed by atoms with Crippen LogP contribution in [0.3, 0.4) is 0 Å². The van der Waals surface area contributed by atoms with E-state index in [1.807, 2.05) is 27.7 Å². The Morgan fingerprint density at radius 3 is 1.53 bits per heavy atom. The maximum atomic E-state index is 13.2. The highest BCUT2D eigenvalue weighted by Crippen LogP contribution is 2.61. The lowest BCUT2D eigenvalue weighted by atomic mass is 9.70. The SMILES string of the molecule is CC1(C)C(=O)[C@]2(C(=O)Nc3cccc(NC(=O)[C@@]45CC[C@@H](C4)C(C)(C)C5=O)c3)CC[C@H]1C2. The average molecular weight is 437 g/mol. The van der Waals surface area contributed by atoms with Crippen LogP contribution in [0.25, 0.3) is 0 Å². The zero-order valence-corrected chi connectivity index (χ0v) is 19.3. The number of nitrogens with one attached hydrogen (secondary N) is 2. The van der Waals surface area contributed by atoms with Gasteiger partial charge in [-0.3, -0.25) is 19.2 Å². The monoisotopic (exact) mass is 436 g/mol. The number of rotatable bonds is 4. The molecule has 0 heterocycles. The van der Waals surface area contributed by atoms with E-state index in [4.69, 9.17) is 0 Å². The molecule has 4 aliphatic carbocycles. The highest BCUT2D eigenvalue weighted by atomic mass is 16.2. The topological polar surface area (TPSA) is 92.3 Å². The number of anilines is 2. The Kier molecular flexibility index (Phi) is 4.35. The number of benzene rings is 1. The van der Waals surface area contributed by atoms with Crippen molar-refractivity contribution in [3.05, 3.63) is 24.3 Å². The number of amides is 2. The van der Waals surface area contributed by atoms with E-state index in [2.05, 4.69) is 10.6 Å². The van der Waals surface area contributed by atoms with Crippen molar-refractivity contribution < 1.29 is 19.2 Å². The van der Waals surface area contributed by atoms with Gasteiger partial charge in [-0.15, -0.1) is 0 Å². The summed E-state index contributed by atoms with van der Waals surface area (Å²) < 4.78 is 0. The molecule has 4 aliphatic rings. The molecule has 4 atom stereocenters. The standard InChI is InChI=1S/C26H32N2O4/c1-23(2)15-8-10-25(13-15,19(23)29)21(31)27-17-6-5-7-18(12-17)28-22(32)26-11-9-16(14-26)24(3,4)20(26)30/h5-7,12,15-16H,8-11,13-14H2,1-4H3,(H,27,31)(H,28,32)/t15-,16-,25-,26-/m0/s1. The van der Waals surface area contributed by atoms with E-state index in [1.54, 1.807) is 24.3 Å². The molecule has 1 aromatic carbocycles. The van der Waals surface area contributed by atoms with Crippen LogP contribution >= 0.6 is 0 Å². The van der Waals surface area contributed by atoms with Crippen molar-refractivity contribution in [2.75, 3.05) is 10.6 Å². The zero-order chi connectivity index (χ0) is 23.1. The van der Waals surface area contributed by atoms with Crippen LogP contribution in [0.1, 0.15) is 66.2 Å². The molecule has 1 aromatic rings. The largest absolute Gasteiger partial charge is 0.325 e. The predicted molar refractivity (Wildman–Crippen MR) is 121 cm³/mol. The minimum atomic E-state index is -0.937. The fraction of sp³-hybridized carbons (Fsp3) is 0.615. The number of fused-ring (bicyclic) bond motifs is 4. The van der Waals surface area contributed by atoms with Crippen molar-refractivity contribution in [1.29, 1.82) is 0 Å². The van der Waals surface area contributed by atoms with E-state index in [0.717, 1.165) is 12.8 Å². The van der Waals surface area contributed by atoms with Gasteiger partial charge in [0.05, 0.1) is 0 Å². The number of ketones is 2. The Balaban J connectivity index is 1.32. The summed E-state index contributed by atoms with van der Waals surface area (Å²) in [5, 5.41) is 5.86. The molecule has 0 aromatic heterocycles. The molecule has 6 heteroatoms. The molecule has 2 amide bonds. The molecule has 0 aliphatic heterocycles. The number of hydrogen-bond acceptors (Lipinski definition) is 4. The van der Waals surface area contributed by atoms with Crippen LogP contribution in [0.4, 0.5) is 11.4 Å². The predicted octanol–water partition coefficient (Wildman–Crippen LogP) is 4.35. The summed E-state index contributed by atoms with van der Waals surface area (Å²) >= 11 is 0. The Labute approximate surface area is 188 Å². The second-order valence-electron chi connectivity index (χ2n) is 11.6. The van der Waals surface area contributed by atoms with Crippen molar-refractivity contribution in [1.82, 2.24) is 0 Å². The smallest absolute Gasteiger partial charge is 0.238 e. The highest BCUT2D eigenvalue weighted by Gasteiger charge is 2.66. The van der Waals surface area contributed by atoms with Crippen molar-refractivity contribution in [2.45, 2.75) is 66.2 Å². The fourth-order valence-corrected chi connectivity index (χ4v) is 7.13. The first-order valence-corrected chi connectivity index (χ1v) is 11.8. The van der Waals surface area contributed by atoms with Gasteiger partial charge in [-0.1, -0.05) is 33.8 Å². The minimum Gasteiger partial charge on any atom is -0.325 e. The van der Waals surface area contributed by atoms with Gasteiger partial charge in [0.25, 0.3) is 0 Å². The summed E-state index contributed by atoms with van der Waals surface area (Å²) in [4.78, 5) is 52.4. The van der Waals surface area contributed by atoms with Gasteiger partial charge in [0.2, 0.25) is 11.8 Å². The lowest BCUT2D eigenvalue weighted by Crippen LogP contribution is -2.44. The van der Waals surface area contributed by atoms with Gasteiger partial charge in [0, 0.05) is 22.2 Å². The molecule has 0 spiro atoms. The van der Waals surface area contributed by atoms with Gasteiger partial charge < -0.3 is 10.6 Å². The van der Waals surface area contributed by atoms with Crippen LogP contribution in [0, 0.1) is 33.5 Å². The summed E-state index contributed by atoms with van der Waals surface area (Å²) in [6.45, 7) is 7.79. The number of Topliss-reactive ketones (excluding diaryl/α,β-unsaturated/α-hetero) is 2. The second-order valence-corrected chi connectivity index (χ2v) is 11.6. The molecular formula is C26H32N2O4. The Morgan fingerprint density at radius 1 is 0.781 bits per heavy atom. The van der Waals surface area contributed by atoms with Crippen LogP contribution in [0.15, 0.2) is 24.3 Å². The van der Waals surface area contributed by atoms with Gasteiger partial charge >= 0.3 is 0 Å². The van der Waals surface area contributed by atoms with Crippen LogP contribution in [0.5, 0.6) is 0 Å². The Morgan fingerprint density at radius 2 is 1.19 bits per heavy atom. The van der Waals surface area contributed by atoms with Crippen molar-refractivity contribution in [3.8, 4) is 0 Å². The lowest BCUT2D eigenvalue weighted by molar-refractivity contribution is -0.143. The number of hydrogen-bond donors (Lipinski definition) is 2. The molecule has 0 radical (unpaired) electrons. The van der Waals surface area contributed by atoms with Crippen molar-refractivity contribution in [2.24, 2.45) is 33.5 Å². The first-order valence-electron chi connectivity index (χ1n) is 11.8. The van der Waals surface area contributed by atoms with E-state index in [1.165, 1.54) is 0 Å². The molecule has 4 bridgehead atoms. The summed E-state index contributed by atoms with van der Waals surface area (Å²) in [6, 6.07) is 6.98. The molecule has 0 saturated heterocycles. The third-order valence-electron chi connectivity index (χ3n) is 9.36. The van der Waals surface area contributed by atoms with Crippen LogP contribution < -0.4 is 10.6 Å². The molecule has 32 heavy (non-hydrogen) atoms. The molecule has 170 valence electrons. The first-order chi connectivity index (χ1) is 14.9. The molecular weight excluding hydrogens is 404 g/mol. The second kappa shape index (κ2) is 6.52. The summed E-state index contributed by atoms with van der Waals surface area (Å²) in [5.74, 6) is 0.108. The maximum absolute atomic E-state index is 13.2. The van der Waals surface area contributed by atoms with Crippen molar-refractivity contribution in [3.63, 3.8) is 0 Å². The molecule has 5 rings (SSSR count). The number of carbonyl (C=O) groups excluding carboxylic acids is 4. The molecule has 0 unspecified atom stereocenters. The zero-order valence-electron chi connectivity index (χ0n) is 19.3. The average Bonchev–Trinajstić information content (AvgIpc) is 3.46. The van der Waals surface area contributed by atoms with E-state index in [-0.39, 0.29) is 35.2 Å². The Hall–Kier alpha value is -2.50. The summed E-state index contributed by atoms with van der Waals surface area (Å²) in [6.07, 6.45) is 4.23. The molecule has 2 N–H and O–H groups in total. The summed E-state index contributed by atoms with van der Waals surface area (Å²) in [5.41, 5.74) is -1.69. The van der Waals surface area contributed by atoms with Gasteiger partial charge in [-0.2, -0.15) is 0 Å². The van der Waals surface area contributed by atoms with E-state index >= 15 is 0 Å². The van der Waals surface area contributed by atoms with Crippen LogP contribution in [0.2, 0.25) is 0 Å². The van der Waals surface area contributed by atoms with Crippen LogP contribution in [-0.2, 0) is 19.2 Å². The first kappa shape index (κ1) is 21.4. The maximum Gasteiger partial charge on any atom is 0.238 e. The quantitative estimate of drug-likeness (QED) is 0.686. The highest BCUT2D eigenvalue weighted by molar-refractivity contribution is 6.16. The van der Waals surface area contributed by atoms with Gasteiger partial charge in [-0.25, -0.2) is 0 Å². The van der Waals surface area contributed by atoms with Gasteiger partial charge in [0.1, 0.15) is 10.8 Å². The lowest BCUT2D eigenvalue weighted by Gasteiger charge is -2.32. The fourth-order valence-electron chi connectivity index (χ4n) is 7.13. The molecule has 4 saturated carbocycles. The van der Waals surface area contributed by atoms with E-state index in [9.17, 15) is 19.2 Å².